The van der Waals surface area contributed by atoms with E-state index in [1.807, 2.05) is 0 Å². The topological polar surface area (TPSA) is 139 Å². The summed E-state index contributed by atoms with van der Waals surface area (Å²) in [7, 11) is 0. The number of anilines is 2. The minimum atomic E-state index is -2.15. The summed E-state index contributed by atoms with van der Waals surface area (Å²) in [5.41, 5.74) is -1.57. The van der Waals surface area contributed by atoms with Crippen LogP contribution in [0.25, 0.3) is 0 Å². The number of hydrogen-bond donors (Lipinski definition) is 1. The predicted molar refractivity (Wildman–Crippen MR) is 140 cm³/mol. The Morgan fingerprint density at radius 2 is 1.53 bits per heavy atom. The van der Waals surface area contributed by atoms with Crippen LogP contribution in [0.5, 0.6) is 0 Å². The highest BCUT2D eigenvalue weighted by Crippen LogP contribution is 2.37. The van der Waals surface area contributed by atoms with Gasteiger partial charge in [0.15, 0.2) is 0 Å². The number of alkyl carbamates (subject to hydrolysis) is 1. The molecule has 2 unspecified atom stereocenters. The predicted octanol–water partition coefficient (Wildman–Crippen LogP) is 3.79. The van der Waals surface area contributed by atoms with E-state index >= 15 is 0 Å². The summed E-state index contributed by atoms with van der Waals surface area (Å²) in [6, 6.07) is 12.3. The van der Waals surface area contributed by atoms with Crippen LogP contribution >= 0.6 is 0 Å². The van der Waals surface area contributed by atoms with Gasteiger partial charge < -0.3 is 15.0 Å². The van der Waals surface area contributed by atoms with Crippen molar-refractivity contribution in [3.05, 3.63) is 70.3 Å². The van der Waals surface area contributed by atoms with Gasteiger partial charge in [-0.1, -0.05) is 63.2 Å². The fourth-order valence-electron chi connectivity index (χ4n) is 4.01. The zero-order valence-electron chi connectivity index (χ0n) is 22.3. The molecule has 1 N–H and O–H groups in total. The Bertz CT molecular complexity index is 1250. The van der Waals surface area contributed by atoms with Gasteiger partial charge >= 0.3 is 12.3 Å². The number of nitrogens with one attached hydrogen (secondary N) is 1. The second-order valence-corrected chi connectivity index (χ2v) is 11.0. The Morgan fingerprint density at radius 3 is 2.05 bits per heavy atom. The van der Waals surface area contributed by atoms with E-state index in [2.05, 4.69) is 5.32 Å². The van der Waals surface area contributed by atoms with Gasteiger partial charge in [-0.25, -0.2) is 9.69 Å². The second-order valence-electron chi connectivity index (χ2n) is 11.0. The maximum absolute atomic E-state index is 14.0. The van der Waals surface area contributed by atoms with Crippen LogP contribution in [0.1, 0.15) is 51.9 Å². The van der Waals surface area contributed by atoms with Gasteiger partial charge in [0.05, 0.1) is 22.8 Å². The van der Waals surface area contributed by atoms with Crippen molar-refractivity contribution in [3.8, 4) is 0 Å². The number of Topliss-reactive ketones (excluding diaryl/α,β-unsaturated/α-hetero) is 1. The van der Waals surface area contributed by atoms with Crippen LogP contribution in [0.4, 0.5) is 16.2 Å². The molecule has 2 aromatic carbocycles. The minimum absolute atomic E-state index is 0.00503. The molecule has 1 aliphatic rings. The molecule has 0 bridgehead atoms. The van der Waals surface area contributed by atoms with Crippen LogP contribution in [-0.4, -0.2) is 53.0 Å². The van der Waals surface area contributed by atoms with Gasteiger partial charge in [-0.05, 0) is 32.9 Å². The van der Waals surface area contributed by atoms with Crippen LogP contribution < -0.4 is 15.1 Å². The summed E-state index contributed by atoms with van der Waals surface area (Å²) < 4.78 is 5.30. The highest BCUT2D eigenvalue weighted by atomic mass is 16.6. The normalized spacial score (nSPS) is 16.7. The molecule has 0 radical (unpaired) electrons. The Kier molecular flexibility index (Phi) is 7.90. The number of fused-ring (bicyclic) bond motifs is 1. The molecule has 0 saturated carbocycles. The first kappa shape index (κ1) is 28.3. The van der Waals surface area contributed by atoms with E-state index in [-0.39, 0.29) is 29.4 Å². The maximum Gasteiger partial charge on any atom is 0.408 e. The molecule has 3 amide bonds. The molecule has 0 aliphatic carbocycles. The number of amides is 3. The zero-order valence-corrected chi connectivity index (χ0v) is 22.3. The summed E-state index contributed by atoms with van der Waals surface area (Å²) in [5.74, 6) is -2.24. The number of carbonyl (C=O) groups excluding carboxylic acids is 4. The average molecular weight is 525 g/mol. The minimum Gasteiger partial charge on any atom is -0.444 e. The van der Waals surface area contributed by atoms with E-state index < -0.39 is 45.9 Å². The van der Waals surface area contributed by atoms with Crippen molar-refractivity contribution in [2.75, 3.05) is 16.3 Å². The van der Waals surface area contributed by atoms with E-state index in [1.165, 1.54) is 23.1 Å². The molecule has 202 valence electrons. The van der Waals surface area contributed by atoms with E-state index in [4.69, 9.17) is 4.74 Å². The average Bonchev–Trinajstić information content (AvgIpc) is 2.93. The third-order valence-electron chi connectivity index (χ3n) is 5.65. The monoisotopic (exact) mass is 524 g/mol. The molecule has 3 rings (SSSR count). The molecule has 0 spiro atoms. The zero-order chi connectivity index (χ0) is 28.4. The van der Waals surface area contributed by atoms with E-state index in [1.54, 1.807) is 77.9 Å². The first-order valence-electron chi connectivity index (χ1n) is 12.1. The van der Waals surface area contributed by atoms with Crippen molar-refractivity contribution in [3.63, 3.8) is 0 Å². The van der Waals surface area contributed by atoms with Gasteiger partial charge in [-0.3, -0.25) is 24.5 Å². The molecule has 1 heterocycles. The standard InChI is InChI=1S/C27H32N4O7/c1-26(2,3)24(34)29-16-18(28-25(35)38-27(4,5)6)23(33)30(20-15-11-10-14-19(20)29)22(31(36)37)21(32)17-12-8-7-9-13-17/h7-15,18,22H,16H2,1-6H3,(H,28,35). The first-order chi connectivity index (χ1) is 17.6. The number of hydrogen-bond acceptors (Lipinski definition) is 7. The lowest BCUT2D eigenvalue weighted by molar-refractivity contribution is -0.502. The fourth-order valence-corrected chi connectivity index (χ4v) is 4.01. The molecule has 2 atom stereocenters. The molecular weight excluding hydrogens is 492 g/mol. The summed E-state index contributed by atoms with van der Waals surface area (Å²) in [6.07, 6.45) is -3.10. The summed E-state index contributed by atoms with van der Waals surface area (Å²) >= 11 is 0. The third kappa shape index (κ3) is 6.16. The third-order valence-corrected chi connectivity index (χ3v) is 5.65. The highest BCUT2D eigenvalue weighted by molar-refractivity contribution is 6.13. The van der Waals surface area contributed by atoms with Crippen molar-refractivity contribution in [1.82, 2.24) is 5.32 Å². The molecule has 1 aliphatic heterocycles. The largest absolute Gasteiger partial charge is 0.444 e. The van der Waals surface area contributed by atoms with Crippen molar-refractivity contribution < 1.29 is 28.8 Å². The lowest BCUT2D eigenvalue weighted by atomic mass is 9.94. The molecule has 11 heteroatoms. The number of ketones is 1. The van der Waals surface area contributed by atoms with E-state index in [9.17, 15) is 29.3 Å². The van der Waals surface area contributed by atoms with Gasteiger partial charge in [0.25, 0.3) is 11.7 Å². The molecule has 38 heavy (non-hydrogen) atoms. The number of nitro groups is 1. The Balaban J connectivity index is 2.21. The molecule has 0 aromatic heterocycles. The Hall–Kier alpha value is -4.28. The lowest BCUT2D eigenvalue weighted by Crippen LogP contribution is -2.58. The summed E-state index contributed by atoms with van der Waals surface area (Å²) in [4.78, 5) is 67.2. The van der Waals surface area contributed by atoms with Crippen molar-refractivity contribution in [1.29, 1.82) is 0 Å². The summed E-state index contributed by atoms with van der Waals surface area (Å²) in [6.45, 7) is 9.67. The number of nitrogens with zero attached hydrogens (tertiary/aromatic N) is 3. The summed E-state index contributed by atoms with van der Waals surface area (Å²) in [5, 5.41) is 14.8. The lowest BCUT2D eigenvalue weighted by Gasteiger charge is -2.31. The van der Waals surface area contributed by atoms with Gasteiger partial charge in [0.2, 0.25) is 5.91 Å². The molecule has 0 fully saturated rings. The smallest absolute Gasteiger partial charge is 0.408 e. The van der Waals surface area contributed by atoms with Gasteiger partial charge in [-0.2, -0.15) is 0 Å². The molecule has 2 aromatic rings. The van der Waals surface area contributed by atoms with Crippen LogP contribution in [-0.2, 0) is 14.3 Å². The maximum atomic E-state index is 14.0. The van der Waals surface area contributed by atoms with Gasteiger partial charge in [0, 0.05) is 11.0 Å². The van der Waals surface area contributed by atoms with Crippen LogP contribution in [0, 0.1) is 15.5 Å². The number of carbonyl (C=O) groups is 4. The highest BCUT2D eigenvalue weighted by Gasteiger charge is 2.48. The number of para-hydroxylation sites is 2. The number of rotatable bonds is 5. The molecule has 11 nitrogen and oxygen atoms in total. The SMILES string of the molecule is CC(C)(C)OC(=O)NC1CN(C(=O)C(C)(C)C)c2ccccc2N(C(C(=O)c2ccccc2)[N+](=O)[O-])C1=O. The molecular formula is C27H32N4O7. The van der Waals surface area contributed by atoms with Gasteiger partial charge in [0.1, 0.15) is 11.6 Å². The van der Waals surface area contributed by atoms with Crippen LogP contribution in [0.15, 0.2) is 54.6 Å². The van der Waals surface area contributed by atoms with Crippen LogP contribution in [0.2, 0.25) is 0 Å². The van der Waals surface area contributed by atoms with Crippen LogP contribution in [0.3, 0.4) is 0 Å². The van der Waals surface area contributed by atoms with Crippen molar-refractivity contribution >= 4 is 35.1 Å². The first-order valence-corrected chi connectivity index (χ1v) is 12.1. The van der Waals surface area contributed by atoms with Crippen molar-refractivity contribution in [2.45, 2.75) is 59.4 Å². The quantitative estimate of drug-likeness (QED) is 0.357. The van der Waals surface area contributed by atoms with E-state index in [0.29, 0.717) is 0 Å². The fraction of sp³-hybridized carbons (Fsp3) is 0.407. The molecule has 0 saturated heterocycles. The van der Waals surface area contributed by atoms with E-state index in [0.717, 1.165) is 4.90 Å². The Labute approximate surface area is 220 Å². The Morgan fingerprint density at radius 1 is 0.974 bits per heavy atom. The number of ether oxygens (including phenoxy) is 1. The second kappa shape index (κ2) is 10.6. The van der Waals surface area contributed by atoms with Gasteiger partial charge in [-0.15, -0.1) is 0 Å². The number of benzene rings is 2. The van der Waals surface area contributed by atoms with Crippen molar-refractivity contribution in [2.24, 2.45) is 5.41 Å².